The molecule has 0 bridgehead atoms. The van der Waals surface area contributed by atoms with Crippen molar-refractivity contribution in [2.75, 3.05) is 0 Å². The van der Waals surface area contributed by atoms with Crippen LogP contribution >= 0.6 is 0 Å². The Balaban J connectivity index is 1.60. The van der Waals surface area contributed by atoms with Crippen molar-refractivity contribution in [3.8, 4) is 34.1 Å². The molecule has 0 spiro atoms. The first-order valence-electron chi connectivity index (χ1n) is 10.3. The number of rotatable bonds is 4. The first kappa shape index (κ1) is 25.3. The lowest BCUT2D eigenvalue weighted by Crippen LogP contribution is -2.13. The number of benzene rings is 2. The highest BCUT2D eigenvalue weighted by atomic mass is 32.2. The van der Waals surface area contributed by atoms with E-state index in [2.05, 4.69) is 20.2 Å². The van der Waals surface area contributed by atoms with Gasteiger partial charge in [-0.2, -0.15) is 36.4 Å². The number of primary sulfonamides is 1. The van der Waals surface area contributed by atoms with Crippen LogP contribution in [0.2, 0.25) is 0 Å². The first-order valence-corrected chi connectivity index (χ1v) is 11.9. The quantitative estimate of drug-likeness (QED) is 0.316. The fourth-order valence-electron chi connectivity index (χ4n) is 3.54. The van der Waals surface area contributed by atoms with Crippen LogP contribution in [0.3, 0.4) is 0 Å². The molecule has 0 atom stereocenters. The normalized spacial score (nSPS) is 12.8. The molecule has 0 radical (unpaired) electrons. The zero-order chi connectivity index (χ0) is 27.5. The van der Waals surface area contributed by atoms with E-state index in [4.69, 9.17) is 9.66 Å². The fraction of sp³-hybridized carbons (Fsp3) is 0.0909. The number of sulfonamides is 1. The molecular weight excluding hydrogens is 542 g/mol. The average molecular weight is 554 g/mol. The van der Waals surface area contributed by atoms with Crippen LogP contribution in [0.25, 0.3) is 39.7 Å². The SMILES string of the molecule is NS(=O)(=O)c1ccc(-c2noc(-c3cnn4c(C(F)(F)F)cc(-c5ccc(C(F)(F)F)cc5)nc34)n2)cc1. The van der Waals surface area contributed by atoms with Gasteiger partial charge in [0.2, 0.25) is 15.8 Å². The molecule has 5 rings (SSSR count). The molecule has 9 nitrogen and oxygen atoms in total. The van der Waals surface area contributed by atoms with Crippen LogP contribution in [0.5, 0.6) is 0 Å². The van der Waals surface area contributed by atoms with Gasteiger partial charge < -0.3 is 4.52 Å². The summed E-state index contributed by atoms with van der Waals surface area (Å²) in [6.45, 7) is 0. The second kappa shape index (κ2) is 8.63. The highest BCUT2D eigenvalue weighted by Crippen LogP contribution is 2.36. The Kier molecular flexibility index (Phi) is 5.75. The molecule has 0 aliphatic heterocycles. The summed E-state index contributed by atoms with van der Waals surface area (Å²) in [4.78, 5) is 8.16. The lowest BCUT2D eigenvalue weighted by Gasteiger charge is -2.12. The van der Waals surface area contributed by atoms with Crippen molar-refractivity contribution in [3.63, 3.8) is 0 Å². The summed E-state index contributed by atoms with van der Waals surface area (Å²) in [6, 6.07) is 9.28. The molecule has 0 fully saturated rings. The topological polar surface area (TPSA) is 129 Å². The molecule has 0 saturated heterocycles. The molecule has 2 N–H and O–H groups in total. The van der Waals surface area contributed by atoms with Gasteiger partial charge in [0.25, 0.3) is 5.89 Å². The minimum Gasteiger partial charge on any atom is -0.333 e. The molecule has 16 heteroatoms. The molecule has 0 aliphatic rings. The Morgan fingerprint density at radius 2 is 1.47 bits per heavy atom. The molecule has 3 heterocycles. The van der Waals surface area contributed by atoms with Crippen LogP contribution in [0.1, 0.15) is 11.3 Å². The van der Waals surface area contributed by atoms with Gasteiger partial charge in [-0.05, 0) is 42.5 Å². The van der Waals surface area contributed by atoms with Gasteiger partial charge in [-0.3, -0.25) is 0 Å². The maximum absolute atomic E-state index is 13.8. The van der Waals surface area contributed by atoms with Crippen molar-refractivity contribution in [2.45, 2.75) is 17.2 Å². The maximum atomic E-state index is 13.8. The molecule has 2 aromatic carbocycles. The molecule has 5 aromatic rings. The van der Waals surface area contributed by atoms with Crippen molar-refractivity contribution >= 4 is 15.7 Å². The number of alkyl halides is 6. The second-order valence-electron chi connectivity index (χ2n) is 7.89. The van der Waals surface area contributed by atoms with Crippen molar-refractivity contribution < 1.29 is 39.3 Å². The van der Waals surface area contributed by atoms with Crippen LogP contribution in [0.15, 0.2) is 70.2 Å². The Hall–Kier alpha value is -4.31. The highest BCUT2D eigenvalue weighted by molar-refractivity contribution is 7.89. The minimum atomic E-state index is -4.89. The third-order valence-corrected chi connectivity index (χ3v) is 6.30. The van der Waals surface area contributed by atoms with E-state index in [-0.39, 0.29) is 39.1 Å². The number of nitrogens with zero attached hydrogens (tertiary/aromatic N) is 5. The van der Waals surface area contributed by atoms with Gasteiger partial charge in [0.05, 0.1) is 22.3 Å². The van der Waals surface area contributed by atoms with Gasteiger partial charge in [-0.25, -0.2) is 23.1 Å². The summed E-state index contributed by atoms with van der Waals surface area (Å²) < 4.78 is 109. The molecule has 196 valence electrons. The monoisotopic (exact) mass is 554 g/mol. The second-order valence-corrected chi connectivity index (χ2v) is 9.45. The largest absolute Gasteiger partial charge is 0.433 e. The summed E-state index contributed by atoms with van der Waals surface area (Å²) in [5, 5.41) is 12.6. The van der Waals surface area contributed by atoms with Crippen molar-refractivity contribution in [3.05, 3.63) is 72.1 Å². The van der Waals surface area contributed by atoms with Crippen molar-refractivity contribution in [1.82, 2.24) is 24.7 Å². The summed E-state index contributed by atoms with van der Waals surface area (Å²) in [6.07, 6.45) is -8.49. The third-order valence-electron chi connectivity index (χ3n) is 5.37. The molecular formula is C22H12F6N6O3S. The van der Waals surface area contributed by atoms with E-state index in [9.17, 15) is 34.8 Å². The molecule has 38 heavy (non-hydrogen) atoms. The minimum absolute atomic E-state index is 0.000635. The van der Waals surface area contributed by atoms with Gasteiger partial charge in [0.15, 0.2) is 11.3 Å². The Morgan fingerprint density at radius 1 is 0.842 bits per heavy atom. The molecule has 3 aromatic heterocycles. The maximum Gasteiger partial charge on any atom is 0.433 e. The Labute approximate surface area is 208 Å². The standard InChI is InChI=1S/C22H12F6N6O3S/c23-21(24,25)13-5-1-11(2-6-13)16-9-17(22(26,27)28)34-19(31-16)15(10-30-34)20-32-18(33-37-20)12-3-7-14(8-4-12)38(29,35)36/h1-10H,(H2,29,35,36). The molecule has 0 unspecified atom stereocenters. The van der Waals surface area contributed by atoms with E-state index >= 15 is 0 Å². The Morgan fingerprint density at radius 3 is 2.05 bits per heavy atom. The average Bonchev–Trinajstić information content (AvgIpc) is 3.49. The van der Waals surface area contributed by atoms with E-state index < -0.39 is 33.6 Å². The molecule has 0 aliphatic carbocycles. The van der Waals surface area contributed by atoms with Crippen LogP contribution in [0, 0.1) is 0 Å². The Bertz CT molecular complexity index is 1760. The summed E-state index contributed by atoms with van der Waals surface area (Å²) >= 11 is 0. The molecule has 0 amide bonds. The predicted octanol–water partition coefficient (Wildman–Crippen LogP) is 4.80. The van der Waals surface area contributed by atoms with E-state index in [1.165, 1.54) is 24.3 Å². The lowest BCUT2D eigenvalue weighted by molar-refractivity contribution is -0.142. The lowest BCUT2D eigenvalue weighted by atomic mass is 10.1. The zero-order valence-corrected chi connectivity index (χ0v) is 19.3. The van der Waals surface area contributed by atoms with Gasteiger partial charge in [0, 0.05) is 11.1 Å². The van der Waals surface area contributed by atoms with Crippen LogP contribution in [0.4, 0.5) is 26.3 Å². The van der Waals surface area contributed by atoms with E-state index in [1.54, 1.807) is 0 Å². The van der Waals surface area contributed by atoms with Gasteiger partial charge in [0.1, 0.15) is 5.56 Å². The van der Waals surface area contributed by atoms with Crippen LogP contribution < -0.4 is 5.14 Å². The number of hydrogen-bond acceptors (Lipinski definition) is 7. The number of halogens is 6. The van der Waals surface area contributed by atoms with Crippen LogP contribution in [-0.4, -0.2) is 33.2 Å². The number of fused-ring (bicyclic) bond motifs is 1. The highest BCUT2D eigenvalue weighted by Gasteiger charge is 2.36. The number of nitrogens with two attached hydrogens (primary N) is 1. The summed E-state index contributed by atoms with van der Waals surface area (Å²) in [7, 11) is -3.94. The van der Waals surface area contributed by atoms with Gasteiger partial charge >= 0.3 is 12.4 Å². The summed E-state index contributed by atoms with van der Waals surface area (Å²) in [5.74, 6) is -0.272. The zero-order valence-electron chi connectivity index (χ0n) is 18.5. The van der Waals surface area contributed by atoms with E-state index in [0.29, 0.717) is 16.1 Å². The van der Waals surface area contributed by atoms with Crippen molar-refractivity contribution in [1.29, 1.82) is 0 Å². The smallest absolute Gasteiger partial charge is 0.333 e. The number of hydrogen-bond donors (Lipinski definition) is 1. The van der Waals surface area contributed by atoms with E-state index in [0.717, 1.165) is 30.5 Å². The fourth-order valence-corrected chi connectivity index (χ4v) is 4.05. The van der Waals surface area contributed by atoms with Gasteiger partial charge in [-0.1, -0.05) is 17.3 Å². The summed E-state index contributed by atoms with van der Waals surface area (Å²) in [5.41, 5.74) is -2.57. The first-order chi connectivity index (χ1) is 17.7. The predicted molar refractivity (Wildman–Crippen MR) is 119 cm³/mol. The van der Waals surface area contributed by atoms with Gasteiger partial charge in [-0.15, -0.1) is 0 Å². The number of aromatic nitrogens is 5. The van der Waals surface area contributed by atoms with E-state index in [1.807, 2.05) is 0 Å². The van der Waals surface area contributed by atoms with Crippen molar-refractivity contribution in [2.24, 2.45) is 5.14 Å². The molecule has 0 saturated carbocycles. The third kappa shape index (κ3) is 4.70. The van der Waals surface area contributed by atoms with Crippen LogP contribution in [-0.2, 0) is 22.4 Å².